The van der Waals surface area contributed by atoms with Gasteiger partial charge in [-0.3, -0.25) is 0 Å². The molecule has 1 N–H and O–H groups in total. The lowest BCUT2D eigenvalue weighted by molar-refractivity contribution is -0.0935. The Morgan fingerprint density at radius 3 is 2.47 bits per heavy atom. The van der Waals surface area contributed by atoms with Crippen LogP contribution in [0, 0.1) is 5.39 Å². The second kappa shape index (κ2) is 4.26. The zero-order chi connectivity index (χ0) is 10.7. The molecule has 1 heterocycles. The summed E-state index contributed by atoms with van der Waals surface area (Å²) >= 11 is 0. The molecule has 0 amide bonds. The van der Waals surface area contributed by atoms with E-state index in [9.17, 15) is 5.21 Å². The summed E-state index contributed by atoms with van der Waals surface area (Å²) in [5.41, 5.74) is 1.48. The van der Waals surface area contributed by atoms with Crippen LogP contribution in [0.2, 0.25) is 0 Å². The number of hydrogen-bond donors (Lipinski definition) is 1. The third-order valence-corrected chi connectivity index (χ3v) is 2.59. The van der Waals surface area contributed by atoms with Crippen LogP contribution in [-0.2, 0) is 0 Å². The van der Waals surface area contributed by atoms with Crippen LogP contribution in [0.5, 0.6) is 0 Å². The van der Waals surface area contributed by atoms with Gasteiger partial charge in [-0.2, -0.15) is 5.06 Å². The van der Waals surface area contributed by atoms with Crippen LogP contribution in [0.15, 0.2) is 24.3 Å². The summed E-state index contributed by atoms with van der Waals surface area (Å²) in [5, 5.41) is 19.4. The van der Waals surface area contributed by atoms with E-state index >= 15 is 0 Å². The predicted molar refractivity (Wildman–Crippen MR) is 56.8 cm³/mol. The van der Waals surface area contributed by atoms with E-state index in [1.54, 1.807) is 6.07 Å². The number of nitrogens with zero attached hydrogens (tertiary/aromatic N) is 4. The Hall–Kier alpha value is -1.64. The van der Waals surface area contributed by atoms with Crippen molar-refractivity contribution in [1.82, 2.24) is 5.06 Å². The van der Waals surface area contributed by atoms with E-state index in [1.807, 2.05) is 18.2 Å². The van der Waals surface area contributed by atoms with Gasteiger partial charge in [0.25, 0.3) is 0 Å². The second-order valence-electron chi connectivity index (χ2n) is 3.53. The van der Waals surface area contributed by atoms with Crippen molar-refractivity contribution in [2.24, 2.45) is 0 Å². The van der Waals surface area contributed by atoms with Crippen molar-refractivity contribution in [2.45, 2.75) is 0 Å². The summed E-state index contributed by atoms with van der Waals surface area (Å²) < 4.78 is 0. The summed E-state index contributed by atoms with van der Waals surface area (Å²) in [7, 11) is 0. The Bertz CT molecular complexity index is 379. The number of benzene rings is 1. The molecule has 5 nitrogen and oxygen atoms in total. The molecule has 0 saturated carbocycles. The van der Waals surface area contributed by atoms with E-state index in [2.05, 4.69) is 9.88 Å². The summed E-state index contributed by atoms with van der Waals surface area (Å²) in [6.45, 7) is 2.70. The molecule has 0 bridgehead atoms. The van der Waals surface area contributed by atoms with Crippen LogP contribution in [-0.4, -0.2) is 36.4 Å². The first-order valence-corrected chi connectivity index (χ1v) is 4.94. The fourth-order valence-corrected chi connectivity index (χ4v) is 1.75. The smallest absolute Gasteiger partial charge is 0.362 e. The molecule has 1 aliphatic heterocycles. The number of hydroxylamine groups is 2. The molecular weight excluding hydrogens is 192 g/mol. The molecule has 0 radical (unpaired) electrons. The number of rotatable bonds is 1. The molecular formula is C10H13N4O+. The number of piperazine rings is 1. The highest BCUT2D eigenvalue weighted by Crippen LogP contribution is 2.28. The summed E-state index contributed by atoms with van der Waals surface area (Å²) in [6.07, 6.45) is 0. The summed E-state index contributed by atoms with van der Waals surface area (Å²) in [5.74, 6) is 0. The van der Waals surface area contributed by atoms with E-state index in [0.29, 0.717) is 18.8 Å². The number of hydrogen-bond acceptors (Lipinski definition) is 4. The lowest BCUT2D eigenvalue weighted by Gasteiger charge is -2.31. The Kier molecular flexibility index (Phi) is 2.81. The first-order valence-electron chi connectivity index (χ1n) is 4.94. The van der Waals surface area contributed by atoms with Crippen molar-refractivity contribution in [2.75, 3.05) is 31.1 Å². The van der Waals surface area contributed by atoms with Crippen molar-refractivity contribution in [3.8, 4) is 0 Å². The van der Waals surface area contributed by atoms with Gasteiger partial charge >= 0.3 is 5.69 Å². The molecule has 0 spiro atoms. The normalized spacial score (nSPS) is 17.5. The minimum atomic E-state index is 0.573. The average Bonchev–Trinajstić information content (AvgIpc) is 2.30. The highest BCUT2D eigenvalue weighted by Gasteiger charge is 2.22. The number of diazo groups is 1. The Balaban J connectivity index is 2.19. The molecule has 0 aromatic heterocycles. The fourth-order valence-electron chi connectivity index (χ4n) is 1.75. The highest BCUT2D eigenvalue weighted by molar-refractivity contribution is 5.70. The van der Waals surface area contributed by atoms with Crippen LogP contribution in [0.25, 0.3) is 4.98 Å². The topological polar surface area (TPSA) is 54.9 Å². The van der Waals surface area contributed by atoms with Crippen LogP contribution in [0.3, 0.4) is 0 Å². The lowest BCUT2D eigenvalue weighted by atomic mass is 10.2. The van der Waals surface area contributed by atoms with Gasteiger partial charge in [-0.05, 0) is 6.07 Å². The van der Waals surface area contributed by atoms with Crippen molar-refractivity contribution < 1.29 is 5.21 Å². The maximum absolute atomic E-state index is 9.23. The molecule has 78 valence electrons. The molecule has 2 rings (SSSR count). The van der Waals surface area contributed by atoms with Crippen molar-refractivity contribution >= 4 is 11.4 Å². The standard InChI is InChI=1S/C10H13N4O/c11-12-9-3-1-2-4-10(9)13-5-7-14(15)8-6-13/h1-4,15H,5-8H2/q+1. The SMILES string of the molecule is N#[N+]c1ccccc1N1CCN(O)CC1. The van der Waals surface area contributed by atoms with E-state index in [-0.39, 0.29) is 0 Å². The number of anilines is 1. The lowest BCUT2D eigenvalue weighted by Crippen LogP contribution is -2.44. The van der Waals surface area contributed by atoms with Crippen LogP contribution in [0.4, 0.5) is 11.4 Å². The molecule has 1 saturated heterocycles. The third kappa shape index (κ3) is 2.06. The van der Waals surface area contributed by atoms with Crippen LogP contribution in [0.1, 0.15) is 0 Å². The van der Waals surface area contributed by atoms with Crippen LogP contribution < -0.4 is 4.90 Å². The van der Waals surface area contributed by atoms with Gasteiger partial charge in [0.15, 0.2) is 4.98 Å². The third-order valence-electron chi connectivity index (χ3n) is 2.59. The molecule has 1 fully saturated rings. The Labute approximate surface area is 88.1 Å². The monoisotopic (exact) mass is 205 g/mol. The average molecular weight is 205 g/mol. The minimum Gasteiger partial charge on any atom is -0.362 e. The van der Waals surface area contributed by atoms with Gasteiger partial charge in [0.05, 0.1) is 0 Å². The molecule has 1 aromatic carbocycles. The maximum Gasteiger partial charge on any atom is 0.408 e. The van der Waals surface area contributed by atoms with E-state index in [1.165, 1.54) is 5.06 Å². The molecule has 1 aromatic rings. The predicted octanol–water partition coefficient (Wildman–Crippen LogP) is 1.68. The van der Waals surface area contributed by atoms with Gasteiger partial charge in [-0.1, -0.05) is 12.1 Å². The van der Waals surface area contributed by atoms with Crippen molar-refractivity contribution in [3.05, 3.63) is 29.2 Å². The highest BCUT2D eigenvalue weighted by atomic mass is 16.5. The zero-order valence-corrected chi connectivity index (χ0v) is 8.37. The van der Waals surface area contributed by atoms with E-state index in [4.69, 9.17) is 5.39 Å². The largest absolute Gasteiger partial charge is 0.408 e. The van der Waals surface area contributed by atoms with Gasteiger partial charge in [0, 0.05) is 32.2 Å². The zero-order valence-electron chi connectivity index (χ0n) is 8.37. The summed E-state index contributed by atoms with van der Waals surface area (Å²) in [6, 6.07) is 7.43. The first-order chi connectivity index (χ1) is 7.31. The van der Waals surface area contributed by atoms with Crippen molar-refractivity contribution in [1.29, 1.82) is 5.39 Å². The van der Waals surface area contributed by atoms with Gasteiger partial charge in [0.1, 0.15) is 5.69 Å². The molecule has 1 aliphatic rings. The molecule has 5 heteroatoms. The maximum atomic E-state index is 9.23. The summed E-state index contributed by atoms with van der Waals surface area (Å²) in [4.78, 5) is 5.35. The first kappa shape index (κ1) is 9.90. The Morgan fingerprint density at radius 2 is 1.80 bits per heavy atom. The quantitative estimate of drug-likeness (QED) is 0.709. The van der Waals surface area contributed by atoms with Gasteiger partial charge in [-0.15, -0.1) is 0 Å². The van der Waals surface area contributed by atoms with Crippen LogP contribution >= 0.6 is 0 Å². The van der Waals surface area contributed by atoms with Crippen molar-refractivity contribution in [3.63, 3.8) is 0 Å². The van der Waals surface area contributed by atoms with Gasteiger partial charge in [0.2, 0.25) is 5.39 Å². The molecule has 0 unspecified atom stereocenters. The molecule has 0 atom stereocenters. The molecule has 15 heavy (non-hydrogen) atoms. The minimum absolute atomic E-state index is 0.573. The number of para-hydroxylation sites is 1. The van der Waals surface area contributed by atoms with Gasteiger partial charge < -0.3 is 10.1 Å². The molecule has 0 aliphatic carbocycles. The van der Waals surface area contributed by atoms with Gasteiger partial charge in [-0.25, -0.2) is 0 Å². The van der Waals surface area contributed by atoms with E-state index < -0.39 is 0 Å². The fraction of sp³-hybridized carbons (Fsp3) is 0.400. The second-order valence-corrected chi connectivity index (χ2v) is 3.53. The Morgan fingerprint density at radius 1 is 1.13 bits per heavy atom. The van der Waals surface area contributed by atoms with E-state index in [0.717, 1.165) is 18.8 Å².